The Labute approximate surface area is 130 Å². The van der Waals surface area contributed by atoms with Crippen molar-refractivity contribution < 1.29 is 5.11 Å². The van der Waals surface area contributed by atoms with Gasteiger partial charge in [-0.2, -0.15) is 0 Å². The molecule has 0 bridgehead atoms. The average molecular weight is 417 g/mol. The maximum Gasteiger partial charge on any atom is 0.0909 e. The van der Waals surface area contributed by atoms with E-state index in [2.05, 4.69) is 38.5 Å². The summed E-state index contributed by atoms with van der Waals surface area (Å²) in [5, 5.41) is 10.6. The van der Waals surface area contributed by atoms with E-state index < -0.39 is 5.60 Å². The van der Waals surface area contributed by atoms with Crippen LogP contribution in [-0.2, 0) is 12.0 Å². The highest BCUT2D eigenvalue weighted by Gasteiger charge is 2.24. The lowest BCUT2D eigenvalue weighted by Gasteiger charge is -2.24. The molecular weight excluding hydrogens is 403 g/mol. The summed E-state index contributed by atoms with van der Waals surface area (Å²) in [6.45, 7) is 1.86. The van der Waals surface area contributed by atoms with Crippen molar-refractivity contribution in [3.8, 4) is 0 Å². The Balaban J connectivity index is 2.27. The van der Waals surface area contributed by atoms with Gasteiger partial charge >= 0.3 is 0 Å². The molecule has 1 atom stereocenters. The van der Waals surface area contributed by atoms with Crippen LogP contribution in [0.4, 0.5) is 0 Å². The lowest BCUT2D eigenvalue weighted by atomic mass is 9.89. The van der Waals surface area contributed by atoms with Crippen molar-refractivity contribution in [1.82, 2.24) is 0 Å². The van der Waals surface area contributed by atoms with Crippen molar-refractivity contribution in [2.75, 3.05) is 0 Å². The Hall–Kier alpha value is -0.390. The molecule has 0 saturated carbocycles. The van der Waals surface area contributed by atoms with Gasteiger partial charge in [-0.25, -0.2) is 0 Å². The van der Waals surface area contributed by atoms with Crippen LogP contribution in [0, 0.1) is 3.57 Å². The summed E-state index contributed by atoms with van der Waals surface area (Å²) in [5.74, 6) is 0. The summed E-state index contributed by atoms with van der Waals surface area (Å²) in [5.41, 5.74) is 1.20. The SMILES string of the molecule is CC(O)(Cc1ccccc1Br)c1ccc(I)cc1. The van der Waals surface area contributed by atoms with Gasteiger partial charge in [-0.15, -0.1) is 0 Å². The summed E-state index contributed by atoms with van der Waals surface area (Å²) in [4.78, 5) is 0. The van der Waals surface area contributed by atoms with Crippen LogP contribution in [0.2, 0.25) is 0 Å². The molecule has 0 amide bonds. The van der Waals surface area contributed by atoms with Crippen LogP contribution in [0.1, 0.15) is 18.1 Å². The molecule has 1 nitrogen and oxygen atoms in total. The molecule has 0 fully saturated rings. The number of halogens is 2. The predicted molar refractivity (Wildman–Crippen MR) is 86.6 cm³/mol. The van der Waals surface area contributed by atoms with E-state index in [-0.39, 0.29) is 0 Å². The molecular formula is C15H14BrIO. The Morgan fingerprint density at radius 3 is 2.33 bits per heavy atom. The molecule has 2 aromatic rings. The zero-order valence-corrected chi connectivity index (χ0v) is 13.8. The van der Waals surface area contributed by atoms with Gasteiger partial charge in [0.05, 0.1) is 5.60 Å². The highest BCUT2D eigenvalue weighted by atomic mass is 127. The van der Waals surface area contributed by atoms with Crippen LogP contribution >= 0.6 is 38.5 Å². The predicted octanol–water partition coefficient (Wildman–Crippen LogP) is 4.50. The van der Waals surface area contributed by atoms with Crippen molar-refractivity contribution in [2.45, 2.75) is 18.9 Å². The van der Waals surface area contributed by atoms with Gasteiger partial charge in [-0.1, -0.05) is 46.3 Å². The molecule has 0 aliphatic heterocycles. The number of hydrogen-bond donors (Lipinski definition) is 1. The third-order valence-electron chi connectivity index (χ3n) is 2.96. The third-order valence-corrected chi connectivity index (χ3v) is 4.45. The Bertz CT molecular complexity index is 534. The smallest absolute Gasteiger partial charge is 0.0909 e. The summed E-state index contributed by atoms with van der Waals surface area (Å²) >= 11 is 5.79. The second-order valence-electron chi connectivity index (χ2n) is 4.55. The van der Waals surface area contributed by atoms with Gasteiger partial charge in [0.15, 0.2) is 0 Å². The Morgan fingerprint density at radius 2 is 1.72 bits per heavy atom. The topological polar surface area (TPSA) is 20.2 Å². The highest BCUT2D eigenvalue weighted by Crippen LogP contribution is 2.28. The average Bonchev–Trinajstić information content (AvgIpc) is 2.32. The first kappa shape index (κ1) is 14.0. The number of benzene rings is 2. The number of hydrogen-bond acceptors (Lipinski definition) is 1. The second-order valence-corrected chi connectivity index (χ2v) is 6.65. The molecule has 2 aromatic carbocycles. The summed E-state index contributed by atoms with van der Waals surface area (Å²) in [7, 11) is 0. The summed E-state index contributed by atoms with van der Waals surface area (Å²) < 4.78 is 2.21. The quantitative estimate of drug-likeness (QED) is 0.730. The van der Waals surface area contributed by atoms with E-state index in [0.717, 1.165) is 15.6 Å². The fourth-order valence-electron chi connectivity index (χ4n) is 1.92. The van der Waals surface area contributed by atoms with Crippen molar-refractivity contribution in [3.63, 3.8) is 0 Å². The minimum atomic E-state index is -0.853. The van der Waals surface area contributed by atoms with Gasteiger partial charge in [0.25, 0.3) is 0 Å². The normalized spacial score (nSPS) is 14.2. The van der Waals surface area contributed by atoms with Crippen LogP contribution in [0.5, 0.6) is 0 Å². The molecule has 3 heteroatoms. The molecule has 1 N–H and O–H groups in total. The number of rotatable bonds is 3. The van der Waals surface area contributed by atoms with Crippen molar-refractivity contribution >= 4 is 38.5 Å². The maximum atomic E-state index is 10.6. The largest absolute Gasteiger partial charge is 0.385 e. The van der Waals surface area contributed by atoms with Crippen molar-refractivity contribution in [3.05, 3.63) is 67.7 Å². The first-order valence-electron chi connectivity index (χ1n) is 5.71. The van der Waals surface area contributed by atoms with Gasteiger partial charge in [0.2, 0.25) is 0 Å². The second kappa shape index (κ2) is 5.72. The van der Waals surface area contributed by atoms with Gasteiger partial charge in [-0.3, -0.25) is 0 Å². The van der Waals surface area contributed by atoms with Crippen LogP contribution in [0.15, 0.2) is 53.0 Å². The Kier molecular flexibility index (Phi) is 4.45. The molecule has 2 rings (SSSR count). The third kappa shape index (κ3) is 3.33. The van der Waals surface area contributed by atoms with E-state index in [4.69, 9.17) is 0 Å². The van der Waals surface area contributed by atoms with Crippen LogP contribution in [0.3, 0.4) is 0 Å². The van der Waals surface area contributed by atoms with Gasteiger partial charge in [0, 0.05) is 14.5 Å². The van der Waals surface area contributed by atoms with E-state index in [1.54, 1.807) is 0 Å². The standard InChI is InChI=1S/C15H14BrIO/c1-15(18,12-6-8-13(17)9-7-12)10-11-4-2-3-5-14(11)16/h2-9,18H,10H2,1H3. The molecule has 0 spiro atoms. The van der Waals surface area contributed by atoms with E-state index in [1.165, 1.54) is 3.57 Å². The molecule has 0 aromatic heterocycles. The molecule has 0 aliphatic carbocycles. The first-order valence-corrected chi connectivity index (χ1v) is 7.58. The number of aliphatic hydroxyl groups is 1. The first-order chi connectivity index (χ1) is 8.49. The van der Waals surface area contributed by atoms with E-state index >= 15 is 0 Å². The molecule has 18 heavy (non-hydrogen) atoms. The highest BCUT2D eigenvalue weighted by molar-refractivity contribution is 14.1. The van der Waals surface area contributed by atoms with E-state index in [9.17, 15) is 5.11 Å². The van der Waals surface area contributed by atoms with Gasteiger partial charge < -0.3 is 5.11 Å². The lowest BCUT2D eigenvalue weighted by Crippen LogP contribution is -2.24. The monoisotopic (exact) mass is 416 g/mol. The zero-order chi connectivity index (χ0) is 13.2. The van der Waals surface area contributed by atoms with Crippen LogP contribution in [0.25, 0.3) is 0 Å². The fourth-order valence-corrected chi connectivity index (χ4v) is 2.71. The Morgan fingerprint density at radius 1 is 1.11 bits per heavy atom. The molecule has 1 unspecified atom stereocenters. The lowest BCUT2D eigenvalue weighted by molar-refractivity contribution is 0.0574. The molecule has 94 valence electrons. The maximum absolute atomic E-state index is 10.6. The van der Waals surface area contributed by atoms with Crippen LogP contribution < -0.4 is 0 Å². The van der Waals surface area contributed by atoms with Gasteiger partial charge in [0.1, 0.15) is 0 Å². The van der Waals surface area contributed by atoms with Gasteiger partial charge in [-0.05, 0) is 58.8 Å². The molecule has 0 saturated heterocycles. The fraction of sp³-hybridized carbons (Fsp3) is 0.200. The van der Waals surface area contributed by atoms with E-state index in [0.29, 0.717) is 6.42 Å². The van der Waals surface area contributed by atoms with Crippen molar-refractivity contribution in [1.29, 1.82) is 0 Å². The summed E-state index contributed by atoms with van der Waals surface area (Å²) in [6.07, 6.45) is 0.592. The van der Waals surface area contributed by atoms with Crippen LogP contribution in [-0.4, -0.2) is 5.11 Å². The molecule has 0 heterocycles. The van der Waals surface area contributed by atoms with Crippen molar-refractivity contribution in [2.24, 2.45) is 0 Å². The summed E-state index contributed by atoms with van der Waals surface area (Å²) in [6, 6.07) is 16.0. The van der Waals surface area contributed by atoms with E-state index in [1.807, 2.05) is 55.5 Å². The molecule has 0 radical (unpaired) electrons. The molecule has 0 aliphatic rings. The minimum absolute atomic E-state index is 0.592. The minimum Gasteiger partial charge on any atom is -0.385 e. The zero-order valence-electron chi connectivity index (χ0n) is 10.0.